The summed E-state index contributed by atoms with van der Waals surface area (Å²) in [4.78, 5) is 11.2. The molecule has 16 heavy (non-hydrogen) atoms. The summed E-state index contributed by atoms with van der Waals surface area (Å²) in [7, 11) is 0. The minimum atomic E-state index is -1.19. The Morgan fingerprint density at radius 1 is 1.44 bits per heavy atom. The van der Waals surface area contributed by atoms with Crippen molar-refractivity contribution in [3.8, 4) is 0 Å². The van der Waals surface area contributed by atoms with Gasteiger partial charge in [-0.25, -0.2) is 4.79 Å². The number of hydrogen-bond acceptors (Lipinski definition) is 3. The van der Waals surface area contributed by atoms with Crippen LogP contribution in [0, 0.1) is 0 Å². The standard InChI is InChI=1S/C13H16O3/c1-3-16-13(15)12(14)9-10(2)11-7-5-4-6-8-11/h4-9,12,14H,3H2,1-2H3/b10-9+. The van der Waals surface area contributed by atoms with Crippen molar-refractivity contribution in [1.29, 1.82) is 0 Å². The predicted molar refractivity (Wildman–Crippen MR) is 62.7 cm³/mol. The molecule has 0 amide bonds. The van der Waals surface area contributed by atoms with E-state index in [1.54, 1.807) is 6.92 Å². The first-order chi connectivity index (χ1) is 7.65. The number of carbonyl (C=O) groups excluding carboxylic acids is 1. The highest BCUT2D eigenvalue weighted by Crippen LogP contribution is 2.13. The van der Waals surface area contributed by atoms with Crippen LogP contribution in [-0.4, -0.2) is 23.8 Å². The van der Waals surface area contributed by atoms with E-state index < -0.39 is 12.1 Å². The minimum Gasteiger partial charge on any atom is -0.464 e. The van der Waals surface area contributed by atoms with Gasteiger partial charge in [0.1, 0.15) is 0 Å². The zero-order valence-corrected chi connectivity index (χ0v) is 9.51. The summed E-state index contributed by atoms with van der Waals surface area (Å²) < 4.78 is 4.71. The Morgan fingerprint density at radius 2 is 2.06 bits per heavy atom. The molecule has 1 unspecified atom stereocenters. The molecule has 1 aromatic rings. The molecular weight excluding hydrogens is 204 g/mol. The lowest BCUT2D eigenvalue weighted by Gasteiger charge is -2.07. The first kappa shape index (κ1) is 12.5. The van der Waals surface area contributed by atoms with Crippen molar-refractivity contribution in [3.63, 3.8) is 0 Å². The molecule has 0 fully saturated rings. The summed E-state index contributed by atoms with van der Waals surface area (Å²) in [6.07, 6.45) is 0.299. The lowest BCUT2D eigenvalue weighted by atomic mass is 10.1. The van der Waals surface area contributed by atoms with Crippen molar-refractivity contribution >= 4 is 11.5 Å². The summed E-state index contributed by atoms with van der Waals surface area (Å²) in [6, 6.07) is 9.57. The maximum absolute atomic E-state index is 11.2. The molecule has 0 heterocycles. The molecule has 0 aliphatic carbocycles. The molecule has 1 rings (SSSR count). The van der Waals surface area contributed by atoms with Crippen LogP contribution in [-0.2, 0) is 9.53 Å². The van der Waals surface area contributed by atoms with Crippen molar-refractivity contribution in [3.05, 3.63) is 42.0 Å². The number of aliphatic hydroxyl groups is 1. The summed E-state index contributed by atoms with van der Waals surface area (Å²) >= 11 is 0. The lowest BCUT2D eigenvalue weighted by molar-refractivity contribution is -0.150. The van der Waals surface area contributed by atoms with Crippen molar-refractivity contribution in [1.82, 2.24) is 0 Å². The largest absolute Gasteiger partial charge is 0.464 e. The number of esters is 1. The molecular formula is C13H16O3. The fraction of sp³-hybridized carbons (Fsp3) is 0.308. The van der Waals surface area contributed by atoms with Gasteiger partial charge in [0.2, 0.25) is 0 Å². The second kappa shape index (κ2) is 6.08. The quantitative estimate of drug-likeness (QED) is 0.789. The number of rotatable bonds is 4. The van der Waals surface area contributed by atoms with Crippen LogP contribution in [0.25, 0.3) is 5.57 Å². The van der Waals surface area contributed by atoms with E-state index in [-0.39, 0.29) is 6.61 Å². The number of hydrogen-bond donors (Lipinski definition) is 1. The summed E-state index contributed by atoms with van der Waals surface area (Å²) in [6.45, 7) is 3.82. The first-order valence-electron chi connectivity index (χ1n) is 5.23. The Kier molecular flexibility index (Phi) is 4.73. The summed E-state index contributed by atoms with van der Waals surface area (Å²) in [5.74, 6) is -0.613. The van der Waals surface area contributed by atoms with Gasteiger partial charge in [-0.3, -0.25) is 0 Å². The monoisotopic (exact) mass is 220 g/mol. The third kappa shape index (κ3) is 3.51. The Hall–Kier alpha value is -1.61. The highest BCUT2D eigenvalue weighted by Gasteiger charge is 2.13. The number of allylic oxidation sites excluding steroid dienone is 1. The SMILES string of the molecule is CCOC(=O)C(O)/C=C(\C)c1ccccc1. The average molecular weight is 220 g/mol. The van der Waals surface area contributed by atoms with E-state index in [0.29, 0.717) is 0 Å². The van der Waals surface area contributed by atoms with E-state index in [4.69, 9.17) is 4.74 Å². The summed E-state index contributed by atoms with van der Waals surface area (Å²) in [5.41, 5.74) is 1.83. The van der Waals surface area contributed by atoms with Crippen LogP contribution in [0.2, 0.25) is 0 Å². The molecule has 0 aromatic heterocycles. The van der Waals surface area contributed by atoms with Gasteiger partial charge in [0.25, 0.3) is 0 Å². The van der Waals surface area contributed by atoms with Gasteiger partial charge in [0.05, 0.1) is 6.61 Å². The topological polar surface area (TPSA) is 46.5 Å². The number of benzene rings is 1. The van der Waals surface area contributed by atoms with Crippen molar-refractivity contribution in [2.45, 2.75) is 20.0 Å². The fourth-order valence-electron chi connectivity index (χ4n) is 1.33. The van der Waals surface area contributed by atoms with Gasteiger partial charge >= 0.3 is 5.97 Å². The molecule has 0 radical (unpaired) electrons. The number of ether oxygens (including phenoxy) is 1. The molecule has 0 spiro atoms. The Labute approximate surface area is 95.4 Å². The van der Waals surface area contributed by atoms with Crippen LogP contribution in [0.3, 0.4) is 0 Å². The van der Waals surface area contributed by atoms with Crippen LogP contribution < -0.4 is 0 Å². The normalized spacial score (nSPS) is 13.3. The van der Waals surface area contributed by atoms with E-state index in [1.807, 2.05) is 37.3 Å². The van der Waals surface area contributed by atoms with Crippen LogP contribution in [0.1, 0.15) is 19.4 Å². The van der Waals surface area contributed by atoms with Crippen molar-refractivity contribution in [2.75, 3.05) is 6.61 Å². The zero-order valence-electron chi connectivity index (χ0n) is 9.51. The second-order valence-corrected chi connectivity index (χ2v) is 3.41. The molecule has 0 bridgehead atoms. The molecule has 1 aromatic carbocycles. The van der Waals surface area contributed by atoms with Crippen molar-refractivity contribution in [2.24, 2.45) is 0 Å². The molecule has 3 heteroatoms. The molecule has 3 nitrogen and oxygen atoms in total. The molecule has 1 atom stereocenters. The van der Waals surface area contributed by atoms with Crippen LogP contribution in [0.4, 0.5) is 0 Å². The first-order valence-corrected chi connectivity index (χ1v) is 5.23. The van der Waals surface area contributed by atoms with Gasteiger partial charge in [0.15, 0.2) is 6.10 Å². The summed E-state index contributed by atoms with van der Waals surface area (Å²) in [5, 5.41) is 9.53. The Morgan fingerprint density at radius 3 is 2.62 bits per heavy atom. The third-order valence-corrected chi connectivity index (χ3v) is 2.17. The van der Waals surface area contributed by atoms with E-state index in [0.717, 1.165) is 11.1 Å². The van der Waals surface area contributed by atoms with E-state index >= 15 is 0 Å². The number of carbonyl (C=O) groups is 1. The molecule has 0 aliphatic heterocycles. The van der Waals surface area contributed by atoms with Gasteiger partial charge in [0, 0.05) is 0 Å². The van der Waals surface area contributed by atoms with Gasteiger partial charge in [-0.05, 0) is 31.1 Å². The van der Waals surface area contributed by atoms with Crippen LogP contribution >= 0.6 is 0 Å². The van der Waals surface area contributed by atoms with Gasteiger partial charge in [-0.1, -0.05) is 30.3 Å². The fourth-order valence-corrected chi connectivity index (χ4v) is 1.33. The van der Waals surface area contributed by atoms with Crippen molar-refractivity contribution < 1.29 is 14.6 Å². The van der Waals surface area contributed by atoms with Crippen LogP contribution in [0.5, 0.6) is 0 Å². The van der Waals surface area contributed by atoms with E-state index in [9.17, 15) is 9.90 Å². The molecule has 0 saturated carbocycles. The zero-order chi connectivity index (χ0) is 12.0. The maximum Gasteiger partial charge on any atom is 0.339 e. The third-order valence-electron chi connectivity index (χ3n) is 2.17. The minimum absolute atomic E-state index is 0.272. The highest BCUT2D eigenvalue weighted by molar-refractivity contribution is 5.79. The predicted octanol–water partition coefficient (Wildman–Crippen LogP) is 2.01. The van der Waals surface area contributed by atoms with Gasteiger partial charge < -0.3 is 9.84 Å². The van der Waals surface area contributed by atoms with E-state index in [1.165, 1.54) is 6.08 Å². The van der Waals surface area contributed by atoms with Crippen LogP contribution in [0.15, 0.2) is 36.4 Å². The van der Waals surface area contributed by atoms with E-state index in [2.05, 4.69) is 0 Å². The number of aliphatic hydroxyl groups excluding tert-OH is 1. The second-order valence-electron chi connectivity index (χ2n) is 3.41. The Bertz CT molecular complexity index is 368. The highest BCUT2D eigenvalue weighted by atomic mass is 16.5. The smallest absolute Gasteiger partial charge is 0.339 e. The average Bonchev–Trinajstić information content (AvgIpc) is 2.30. The molecule has 0 saturated heterocycles. The molecule has 86 valence electrons. The van der Waals surface area contributed by atoms with Gasteiger partial charge in [-0.15, -0.1) is 0 Å². The lowest BCUT2D eigenvalue weighted by Crippen LogP contribution is -2.20. The van der Waals surface area contributed by atoms with Gasteiger partial charge in [-0.2, -0.15) is 0 Å². The molecule has 0 aliphatic rings. The Balaban J connectivity index is 2.73. The maximum atomic E-state index is 11.2. The molecule has 1 N–H and O–H groups in total.